The van der Waals surface area contributed by atoms with E-state index in [1.807, 2.05) is 37.4 Å². The number of esters is 1. The minimum Gasteiger partial charge on any atom is -0.457 e. The number of piperazine rings is 1. The number of hydrogen-bond donors (Lipinski definition) is 5. The van der Waals surface area contributed by atoms with Crippen LogP contribution in [0.1, 0.15) is 78.2 Å². The first-order chi connectivity index (χ1) is 17.9. The number of nitrogens with two attached hydrogens (primary N) is 1. The highest BCUT2D eigenvalue weighted by Gasteiger charge is 2.40. The van der Waals surface area contributed by atoms with E-state index in [4.69, 9.17) is 10.5 Å². The fourth-order valence-corrected chi connectivity index (χ4v) is 4.56. The van der Waals surface area contributed by atoms with Crippen LogP contribution in [0, 0.1) is 0 Å². The van der Waals surface area contributed by atoms with Crippen LogP contribution < -0.4 is 21.7 Å². The van der Waals surface area contributed by atoms with Crippen LogP contribution in [-0.2, 0) is 30.3 Å². The first-order valence-electron chi connectivity index (χ1n) is 13.4. The quantitative estimate of drug-likeness (QED) is 0.162. The zero-order chi connectivity index (χ0) is 27.9. The number of benzene rings is 1. The Hall–Kier alpha value is -3.40. The number of rotatable bonds is 12. The monoisotopic (exact) mass is 527 g/mol. The number of aromatic nitrogens is 1. The molecule has 38 heavy (non-hydrogen) atoms. The lowest BCUT2D eigenvalue weighted by Gasteiger charge is -2.33. The molecular weight excluding hydrogens is 486 g/mol. The van der Waals surface area contributed by atoms with Crippen molar-refractivity contribution in [2.45, 2.75) is 102 Å². The molecule has 1 aromatic carbocycles. The summed E-state index contributed by atoms with van der Waals surface area (Å²) >= 11 is 0. The van der Waals surface area contributed by atoms with Gasteiger partial charge in [-0.25, -0.2) is 4.79 Å². The van der Waals surface area contributed by atoms with Gasteiger partial charge in [0.25, 0.3) is 0 Å². The molecule has 1 aliphatic heterocycles. The average Bonchev–Trinajstić information content (AvgIpc) is 3.24. The number of carbonyl (C=O) groups is 4. The molecule has 1 fully saturated rings. The Morgan fingerprint density at radius 2 is 1.71 bits per heavy atom. The zero-order valence-corrected chi connectivity index (χ0v) is 22.8. The maximum absolute atomic E-state index is 12.9. The molecule has 3 rings (SSSR count). The Bertz CT molecular complexity index is 1150. The maximum Gasteiger partial charge on any atom is 0.347 e. The van der Waals surface area contributed by atoms with Crippen LogP contribution in [-0.4, -0.2) is 52.0 Å². The maximum atomic E-state index is 12.9. The molecule has 0 bridgehead atoms. The molecule has 208 valence electrons. The van der Waals surface area contributed by atoms with Gasteiger partial charge in [-0.2, -0.15) is 0 Å². The van der Waals surface area contributed by atoms with E-state index in [1.165, 1.54) is 0 Å². The van der Waals surface area contributed by atoms with Crippen molar-refractivity contribution in [3.8, 4) is 0 Å². The molecule has 2 aromatic rings. The second kappa shape index (κ2) is 12.4. The summed E-state index contributed by atoms with van der Waals surface area (Å²) in [5.74, 6) is -1.62. The standard InChI is InChI=1S/C28H41N5O5/c1-5-6-7-14-23(34)33-28(29,26(37)38-27(2,3)4)15-10-13-21-24(35)32-22(25(36)31-21)16-18-17-30-20-12-9-8-11-19(18)20/h8-9,11-12,17,21-22,30H,5-7,10,13-16,29H2,1-4H3,(H,31,36)(H,32,35)(H,33,34)/t21-,22-,28?/m0/s1. The van der Waals surface area contributed by atoms with Crippen molar-refractivity contribution in [3.63, 3.8) is 0 Å². The third kappa shape index (κ3) is 7.80. The predicted molar refractivity (Wildman–Crippen MR) is 145 cm³/mol. The fraction of sp³-hybridized carbons (Fsp3) is 0.571. The highest BCUT2D eigenvalue weighted by atomic mass is 16.6. The molecule has 1 saturated heterocycles. The molecule has 1 aromatic heterocycles. The van der Waals surface area contributed by atoms with Gasteiger partial charge in [-0.1, -0.05) is 38.0 Å². The van der Waals surface area contributed by atoms with Gasteiger partial charge >= 0.3 is 5.97 Å². The van der Waals surface area contributed by atoms with Gasteiger partial charge in [0.15, 0.2) is 5.66 Å². The molecule has 10 nitrogen and oxygen atoms in total. The number of hydrogen-bond acceptors (Lipinski definition) is 6. The number of amides is 3. The van der Waals surface area contributed by atoms with Gasteiger partial charge in [0.2, 0.25) is 17.7 Å². The highest BCUT2D eigenvalue weighted by Crippen LogP contribution is 2.21. The van der Waals surface area contributed by atoms with Crippen LogP contribution in [0.2, 0.25) is 0 Å². The summed E-state index contributed by atoms with van der Waals surface area (Å²) in [5, 5.41) is 9.29. The lowest BCUT2D eigenvalue weighted by atomic mass is 9.96. The van der Waals surface area contributed by atoms with Crippen molar-refractivity contribution in [2.24, 2.45) is 5.73 Å². The minimum atomic E-state index is -1.73. The zero-order valence-electron chi connectivity index (χ0n) is 22.8. The van der Waals surface area contributed by atoms with Gasteiger partial charge in [-0.15, -0.1) is 0 Å². The summed E-state index contributed by atoms with van der Waals surface area (Å²) < 4.78 is 5.47. The van der Waals surface area contributed by atoms with Crippen LogP contribution in [0.5, 0.6) is 0 Å². The van der Waals surface area contributed by atoms with Gasteiger partial charge in [-0.3, -0.25) is 20.1 Å². The van der Waals surface area contributed by atoms with Gasteiger partial charge in [0, 0.05) is 29.9 Å². The van der Waals surface area contributed by atoms with Crippen LogP contribution in [0.3, 0.4) is 0 Å². The topological polar surface area (TPSA) is 155 Å². The molecule has 0 spiro atoms. The molecule has 0 aliphatic carbocycles. The minimum absolute atomic E-state index is 0.0554. The van der Waals surface area contributed by atoms with Gasteiger partial charge in [0.1, 0.15) is 17.7 Å². The Kier molecular flexibility index (Phi) is 9.54. The van der Waals surface area contributed by atoms with E-state index in [9.17, 15) is 19.2 Å². The van der Waals surface area contributed by atoms with Gasteiger partial charge < -0.3 is 25.7 Å². The third-order valence-corrected chi connectivity index (χ3v) is 6.56. The third-order valence-electron chi connectivity index (χ3n) is 6.56. The van der Waals surface area contributed by atoms with Crippen LogP contribution in [0.15, 0.2) is 30.5 Å². The molecule has 3 atom stereocenters. The van der Waals surface area contributed by atoms with Crippen LogP contribution in [0.25, 0.3) is 10.9 Å². The second-order valence-corrected chi connectivity index (χ2v) is 11.1. The summed E-state index contributed by atoms with van der Waals surface area (Å²) in [7, 11) is 0. The van der Waals surface area contributed by atoms with Crippen LogP contribution in [0.4, 0.5) is 0 Å². The molecule has 0 radical (unpaired) electrons. The van der Waals surface area contributed by atoms with Crippen molar-refractivity contribution < 1.29 is 23.9 Å². The number of fused-ring (bicyclic) bond motifs is 1. The number of ether oxygens (including phenoxy) is 1. The van der Waals surface area contributed by atoms with Crippen molar-refractivity contribution in [1.82, 2.24) is 20.9 Å². The molecule has 0 saturated carbocycles. The Morgan fingerprint density at radius 1 is 1.03 bits per heavy atom. The van der Waals surface area contributed by atoms with Crippen molar-refractivity contribution >= 4 is 34.6 Å². The predicted octanol–water partition coefficient (Wildman–Crippen LogP) is 2.56. The normalized spacial score (nSPS) is 19.4. The average molecular weight is 528 g/mol. The smallest absolute Gasteiger partial charge is 0.347 e. The summed E-state index contributed by atoms with van der Waals surface area (Å²) in [6.45, 7) is 7.21. The first kappa shape index (κ1) is 29.2. The van der Waals surface area contributed by atoms with Crippen molar-refractivity contribution in [2.75, 3.05) is 0 Å². The van der Waals surface area contributed by atoms with E-state index in [2.05, 4.69) is 20.9 Å². The number of unbranched alkanes of at least 4 members (excludes halogenated alkanes) is 2. The lowest BCUT2D eigenvalue weighted by molar-refractivity contribution is -0.165. The number of carbonyl (C=O) groups excluding carboxylic acids is 4. The Morgan fingerprint density at radius 3 is 2.42 bits per heavy atom. The van der Waals surface area contributed by atoms with Crippen molar-refractivity contribution in [1.29, 1.82) is 0 Å². The van der Waals surface area contributed by atoms with E-state index in [1.54, 1.807) is 20.8 Å². The largest absolute Gasteiger partial charge is 0.457 e. The van der Waals surface area contributed by atoms with E-state index in [0.717, 1.165) is 29.3 Å². The molecule has 3 amide bonds. The molecule has 1 aliphatic rings. The highest BCUT2D eigenvalue weighted by molar-refractivity contribution is 5.97. The van der Waals surface area contributed by atoms with Crippen molar-refractivity contribution in [3.05, 3.63) is 36.0 Å². The summed E-state index contributed by atoms with van der Waals surface area (Å²) in [6, 6.07) is 6.34. The van der Waals surface area contributed by atoms with E-state index in [-0.39, 0.29) is 37.0 Å². The van der Waals surface area contributed by atoms with E-state index < -0.39 is 29.3 Å². The molecule has 10 heteroatoms. The molecule has 6 N–H and O–H groups in total. The fourth-order valence-electron chi connectivity index (χ4n) is 4.56. The first-order valence-corrected chi connectivity index (χ1v) is 13.4. The molecule has 2 heterocycles. The summed E-state index contributed by atoms with van der Waals surface area (Å²) in [4.78, 5) is 54.2. The molecule has 1 unspecified atom stereocenters. The lowest BCUT2D eigenvalue weighted by Crippen LogP contribution is -2.64. The van der Waals surface area contributed by atoms with Gasteiger partial charge in [0.05, 0.1) is 0 Å². The van der Waals surface area contributed by atoms with Crippen LogP contribution >= 0.6 is 0 Å². The number of H-pyrrole nitrogens is 1. The second-order valence-electron chi connectivity index (χ2n) is 11.1. The number of para-hydroxylation sites is 1. The molecular formula is C28H41N5O5. The van der Waals surface area contributed by atoms with Gasteiger partial charge in [-0.05, 0) is 58.1 Å². The van der Waals surface area contributed by atoms with E-state index >= 15 is 0 Å². The number of nitrogens with one attached hydrogen (secondary N) is 4. The Balaban J connectivity index is 1.58. The summed E-state index contributed by atoms with van der Waals surface area (Å²) in [6.07, 6.45) is 5.64. The van der Waals surface area contributed by atoms with E-state index in [0.29, 0.717) is 19.3 Å². The number of aromatic amines is 1. The Labute approximate surface area is 223 Å². The summed E-state index contributed by atoms with van der Waals surface area (Å²) in [5.41, 5.74) is 5.77. The SMILES string of the molecule is CCCCCC(=O)NC(N)(CCC[C@@H]1NC(=O)[C@H](Cc2c[nH]c3ccccc23)NC1=O)C(=O)OC(C)(C)C.